The number of phosphoric ester groups is 1. The summed E-state index contributed by atoms with van der Waals surface area (Å²) in [6, 6.07) is 5.65. The number of hydrogen-bond acceptors (Lipinski definition) is 7. The minimum atomic E-state index is -4.69. The Bertz CT molecular complexity index is 1270. The van der Waals surface area contributed by atoms with Gasteiger partial charge < -0.3 is 20.4 Å². The fourth-order valence-electron chi connectivity index (χ4n) is 3.13. The van der Waals surface area contributed by atoms with Gasteiger partial charge in [0.25, 0.3) is 5.91 Å². The predicted octanol–water partition coefficient (Wildman–Crippen LogP) is 4.43. The van der Waals surface area contributed by atoms with Gasteiger partial charge in [0.1, 0.15) is 11.6 Å². The molecule has 2 heterocycles. The van der Waals surface area contributed by atoms with E-state index in [2.05, 4.69) is 30.1 Å². The number of carbonyl (C=O) groups excluding carboxylic acids is 1. The van der Waals surface area contributed by atoms with Crippen molar-refractivity contribution in [2.24, 2.45) is 0 Å². The molecule has 0 bridgehead atoms. The van der Waals surface area contributed by atoms with Crippen LogP contribution in [0, 0.1) is 5.82 Å². The molecule has 35 heavy (non-hydrogen) atoms. The highest BCUT2D eigenvalue weighted by molar-refractivity contribution is 7.46. The smallest absolute Gasteiger partial charge is 0.349 e. The first kappa shape index (κ1) is 26.7. The summed E-state index contributed by atoms with van der Waals surface area (Å²) in [5.74, 6) is -0.611. The van der Waals surface area contributed by atoms with Gasteiger partial charge in [0, 0.05) is 35.7 Å². The molecule has 186 valence electrons. The maximum Gasteiger partial charge on any atom is 0.469 e. The fourth-order valence-corrected chi connectivity index (χ4v) is 3.84. The lowest BCUT2D eigenvalue weighted by Crippen LogP contribution is -2.32. The van der Waals surface area contributed by atoms with Gasteiger partial charge in [0.15, 0.2) is 5.82 Å². The Morgan fingerprint density at radius 1 is 1.23 bits per heavy atom. The van der Waals surface area contributed by atoms with Gasteiger partial charge in [-0.2, -0.15) is 0 Å². The Kier molecular flexibility index (Phi) is 8.52. The van der Waals surface area contributed by atoms with Crippen LogP contribution in [0.15, 0.2) is 42.9 Å². The zero-order valence-electron chi connectivity index (χ0n) is 19.1. The molecule has 2 aromatic heterocycles. The summed E-state index contributed by atoms with van der Waals surface area (Å²) in [4.78, 5) is 43.3. The van der Waals surface area contributed by atoms with Crippen LogP contribution >= 0.6 is 19.4 Å². The zero-order chi connectivity index (χ0) is 25.8. The second-order valence-electron chi connectivity index (χ2n) is 7.94. The Hall–Kier alpha value is -2.95. The molecule has 4 N–H and O–H groups in total. The van der Waals surface area contributed by atoms with Crippen LogP contribution in [0.5, 0.6) is 0 Å². The molecule has 3 aromatic rings. The third kappa shape index (κ3) is 7.27. The van der Waals surface area contributed by atoms with E-state index < -0.39 is 25.7 Å². The Labute approximate surface area is 206 Å². The maximum atomic E-state index is 14.4. The van der Waals surface area contributed by atoms with E-state index >= 15 is 0 Å². The summed E-state index contributed by atoms with van der Waals surface area (Å²) < 4.78 is 29.9. The number of phosphoric acid groups is 1. The van der Waals surface area contributed by atoms with Crippen molar-refractivity contribution in [1.29, 1.82) is 0 Å². The zero-order valence-corrected chi connectivity index (χ0v) is 20.7. The standard InChI is InChI=1S/C22H24ClFN5O5P/c1-12(2)16-11-26-20(15-8-14(23)4-5-18(15)24)29-21(16)28-19-6-7-25-10-17(19)22(30)27-9-13(3)34-35(31,32)33/h4-8,10-13H,9H2,1-3H3,(H,27,30)(H2,31,32,33)(H,25,26,28,29)/t13-/m0/s1. The average molecular weight is 524 g/mol. The van der Waals surface area contributed by atoms with E-state index in [1.54, 1.807) is 12.3 Å². The molecule has 0 saturated carbocycles. The van der Waals surface area contributed by atoms with Crippen LogP contribution in [-0.2, 0) is 9.09 Å². The molecule has 13 heteroatoms. The molecule has 1 atom stereocenters. The van der Waals surface area contributed by atoms with Crippen LogP contribution in [-0.4, -0.2) is 43.3 Å². The molecule has 1 aromatic carbocycles. The van der Waals surface area contributed by atoms with E-state index in [0.717, 1.165) is 5.56 Å². The van der Waals surface area contributed by atoms with Crippen molar-refractivity contribution in [3.05, 3.63) is 64.8 Å². The van der Waals surface area contributed by atoms with Gasteiger partial charge in [0.2, 0.25) is 0 Å². The topological polar surface area (TPSA) is 147 Å². The van der Waals surface area contributed by atoms with E-state index in [9.17, 15) is 13.8 Å². The molecular weight excluding hydrogens is 500 g/mol. The van der Waals surface area contributed by atoms with Crippen LogP contribution in [0.3, 0.4) is 0 Å². The number of aromatic nitrogens is 3. The van der Waals surface area contributed by atoms with Gasteiger partial charge in [-0.05, 0) is 37.1 Å². The van der Waals surface area contributed by atoms with Crippen molar-refractivity contribution < 1.29 is 28.1 Å². The average Bonchev–Trinajstić information content (AvgIpc) is 2.78. The molecular formula is C22H24ClFN5O5P. The maximum absolute atomic E-state index is 14.4. The summed E-state index contributed by atoms with van der Waals surface area (Å²) in [5, 5.41) is 5.99. The highest BCUT2D eigenvalue weighted by Gasteiger charge is 2.21. The summed E-state index contributed by atoms with van der Waals surface area (Å²) in [6.07, 6.45) is 3.46. The van der Waals surface area contributed by atoms with Crippen molar-refractivity contribution in [3.8, 4) is 11.4 Å². The van der Waals surface area contributed by atoms with E-state index in [1.165, 1.54) is 37.5 Å². The van der Waals surface area contributed by atoms with Crippen LogP contribution in [0.2, 0.25) is 5.02 Å². The van der Waals surface area contributed by atoms with E-state index in [1.807, 2.05) is 13.8 Å². The normalized spacial score (nSPS) is 12.5. The second-order valence-corrected chi connectivity index (χ2v) is 9.57. The third-order valence-corrected chi connectivity index (χ3v) is 5.66. The first-order valence-electron chi connectivity index (χ1n) is 10.5. The van der Waals surface area contributed by atoms with Gasteiger partial charge in [-0.25, -0.2) is 18.9 Å². The summed E-state index contributed by atoms with van der Waals surface area (Å²) in [5.41, 5.74) is 1.37. The van der Waals surface area contributed by atoms with Crippen molar-refractivity contribution in [1.82, 2.24) is 20.3 Å². The van der Waals surface area contributed by atoms with Crippen LogP contribution < -0.4 is 10.6 Å². The molecule has 0 radical (unpaired) electrons. The lowest BCUT2D eigenvalue weighted by molar-refractivity contribution is 0.0911. The van der Waals surface area contributed by atoms with Gasteiger partial charge >= 0.3 is 7.82 Å². The molecule has 1 amide bonds. The van der Waals surface area contributed by atoms with Gasteiger partial charge in [-0.1, -0.05) is 25.4 Å². The molecule has 0 unspecified atom stereocenters. The first-order chi connectivity index (χ1) is 16.4. The largest absolute Gasteiger partial charge is 0.469 e. The van der Waals surface area contributed by atoms with Crippen LogP contribution in [0.4, 0.5) is 15.9 Å². The minimum Gasteiger partial charge on any atom is -0.349 e. The molecule has 0 spiro atoms. The molecule has 3 rings (SSSR count). The van der Waals surface area contributed by atoms with Gasteiger partial charge in [0.05, 0.1) is 22.9 Å². The van der Waals surface area contributed by atoms with Crippen LogP contribution in [0.1, 0.15) is 42.6 Å². The molecule has 0 aliphatic rings. The van der Waals surface area contributed by atoms with Gasteiger partial charge in [-0.15, -0.1) is 0 Å². The molecule has 0 aliphatic carbocycles. The Morgan fingerprint density at radius 2 is 1.97 bits per heavy atom. The fraction of sp³-hybridized carbons (Fsp3) is 0.273. The second kappa shape index (κ2) is 11.2. The number of hydrogen-bond donors (Lipinski definition) is 4. The van der Waals surface area contributed by atoms with E-state index in [4.69, 9.17) is 21.4 Å². The van der Waals surface area contributed by atoms with E-state index in [-0.39, 0.29) is 29.4 Å². The monoisotopic (exact) mass is 523 g/mol. The highest BCUT2D eigenvalue weighted by atomic mass is 35.5. The Morgan fingerprint density at radius 3 is 2.66 bits per heavy atom. The molecule has 0 aliphatic heterocycles. The number of nitrogens with one attached hydrogen (secondary N) is 2. The Balaban J connectivity index is 1.90. The number of halogens is 2. The predicted molar refractivity (Wildman–Crippen MR) is 129 cm³/mol. The number of pyridine rings is 1. The number of anilines is 2. The summed E-state index contributed by atoms with van der Waals surface area (Å²) >= 11 is 6.02. The lowest BCUT2D eigenvalue weighted by Gasteiger charge is -2.17. The minimum absolute atomic E-state index is 0.000486. The third-order valence-electron chi connectivity index (χ3n) is 4.79. The number of rotatable bonds is 9. The van der Waals surface area contributed by atoms with Crippen molar-refractivity contribution in [2.75, 3.05) is 11.9 Å². The number of nitrogens with zero attached hydrogens (tertiary/aromatic N) is 3. The number of benzene rings is 1. The highest BCUT2D eigenvalue weighted by Crippen LogP contribution is 2.37. The van der Waals surface area contributed by atoms with Crippen LogP contribution in [0.25, 0.3) is 11.4 Å². The van der Waals surface area contributed by atoms with Crippen molar-refractivity contribution >= 4 is 36.8 Å². The number of carbonyl (C=O) groups is 1. The van der Waals surface area contributed by atoms with Crippen molar-refractivity contribution in [3.63, 3.8) is 0 Å². The quantitative estimate of drug-likeness (QED) is 0.299. The van der Waals surface area contributed by atoms with Crippen molar-refractivity contribution in [2.45, 2.75) is 32.8 Å². The summed E-state index contributed by atoms with van der Waals surface area (Å²) in [6.45, 7) is 5.13. The molecule has 10 nitrogen and oxygen atoms in total. The number of amides is 1. The molecule has 0 fully saturated rings. The summed E-state index contributed by atoms with van der Waals surface area (Å²) in [7, 11) is -4.69. The lowest BCUT2D eigenvalue weighted by atomic mass is 10.1. The SMILES string of the molecule is CC(C)c1cnc(-c2cc(Cl)ccc2F)nc1Nc1ccncc1C(=O)NC[C@H](C)OP(=O)(O)O. The molecule has 0 saturated heterocycles. The van der Waals surface area contributed by atoms with Gasteiger partial charge in [-0.3, -0.25) is 14.3 Å². The first-order valence-corrected chi connectivity index (χ1v) is 12.4. The van der Waals surface area contributed by atoms with E-state index in [0.29, 0.717) is 16.5 Å².